The normalized spacial score (nSPS) is 11.7. The van der Waals surface area contributed by atoms with Gasteiger partial charge in [-0.3, -0.25) is 4.79 Å². The molecule has 2 N–H and O–H groups in total. The molecule has 4 heteroatoms. The van der Waals surface area contributed by atoms with Crippen molar-refractivity contribution >= 4 is 18.4 Å². The summed E-state index contributed by atoms with van der Waals surface area (Å²) in [6.45, 7) is 6.15. The van der Waals surface area contributed by atoms with Crippen molar-refractivity contribution in [1.29, 1.82) is 0 Å². The molecule has 1 unspecified atom stereocenters. The summed E-state index contributed by atoms with van der Waals surface area (Å²) in [6, 6.07) is 15.2. The molecule has 124 valence electrons. The van der Waals surface area contributed by atoms with Crippen LogP contribution in [0, 0.1) is 6.92 Å². The van der Waals surface area contributed by atoms with Crippen LogP contribution in [0.4, 0.5) is 0 Å². The van der Waals surface area contributed by atoms with Gasteiger partial charge in [-0.25, -0.2) is 0 Å². The Kier molecular flexibility index (Phi) is 7.27. The Morgan fingerprint density at radius 3 is 2.39 bits per heavy atom. The predicted molar refractivity (Wildman–Crippen MR) is 96.1 cm³/mol. The third kappa shape index (κ3) is 5.38. The minimum atomic E-state index is -0.346. The van der Waals surface area contributed by atoms with Gasteiger partial charge in [-0.1, -0.05) is 56.3 Å². The molecule has 0 spiro atoms. The number of benzene rings is 2. The first-order valence-corrected chi connectivity index (χ1v) is 7.59. The lowest BCUT2D eigenvalue weighted by atomic mass is 10.0. The standard InChI is InChI=1S/C19H23NO2.ClH/c1-13(2)16-10-9-14(3)11-18(16)22-19(21)12-17(20)15-7-5-4-6-8-15;/h4-11,13,17H,12,20H2,1-3H3;1H. The minimum absolute atomic E-state index is 0. The molecule has 0 bridgehead atoms. The Bertz CT molecular complexity index is 641. The van der Waals surface area contributed by atoms with Gasteiger partial charge in [0.2, 0.25) is 0 Å². The second kappa shape index (κ2) is 8.70. The molecule has 23 heavy (non-hydrogen) atoms. The number of aryl methyl sites for hydroxylation is 1. The third-order valence-electron chi connectivity index (χ3n) is 3.63. The largest absolute Gasteiger partial charge is 0.426 e. The number of nitrogens with two attached hydrogens (primary N) is 1. The van der Waals surface area contributed by atoms with Gasteiger partial charge < -0.3 is 10.5 Å². The number of hydrogen-bond donors (Lipinski definition) is 1. The number of hydrogen-bond acceptors (Lipinski definition) is 3. The van der Waals surface area contributed by atoms with Crippen molar-refractivity contribution in [1.82, 2.24) is 0 Å². The fourth-order valence-electron chi connectivity index (χ4n) is 2.37. The summed E-state index contributed by atoms with van der Waals surface area (Å²) < 4.78 is 5.56. The average Bonchev–Trinajstić information content (AvgIpc) is 2.47. The van der Waals surface area contributed by atoms with E-state index in [0.717, 1.165) is 16.7 Å². The summed E-state index contributed by atoms with van der Waals surface area (Å²) in [5.41, 5.74) is 9.12. The maximum atomic E-state index is 12.2. The minimum Gasteiger partial charge on any atom is -0.426 e. The summed E-state index contributed by atoms with van der Waals surface area (Å²) >= 11 is 0. The lowest BCUT2D eigenvalue weighted by Gasteiger charge is -2.15. The summed E-state index contributed by atoms with van der Waals surface area (Å²) in [5.74, 6) is 0.635. The summed E-state index contributed by atoms with van der Waals surface area (Å²) in [7, 11) is 0. The van der Waals surface area contributed by atoms with Gasteiger partial charge >= 0.3 is 5.97 Å². The molecule has 0 radical (unpaired) electrons. The van der Waals surface area contributed by atoms with Crippen LogP contribution < -0.4 is 10.5 Å². The topological polar surface area (TPSA) is 52.3 Å². The molecule has 0 aliphatic carbocycles. The van der Waals surface area contributed by atoms with Gasteiger partial charge in [-0.2, -0.15) is 0 Å². The smallest absolute Gasteiger partial charge is 0.313 e. The number of halogens is 1. The highest BCUT2D eigenvalue weighted by Gasteiger charge is 2.16. The van der Waals surface area contributed by atoms with E-state index in [0.29, 0.717) is 11.7 Å². The lowest BCUT2D eigenvalue weighted by molar-refractivity contribution is -0.134. The fraction of sp³-hybridized carbons (Fsp3) is 0.316. The van der Waals surface area contributed by atoms with Crippen LogP contribution in [0.3, 0.4) is 0 Å². The van der Waals surface area contributed by atoms with Crippen LogP contribution in [-0.4, -0.2) is 5.97 Å². The molecule has 0 fully saturated rings. The van der Waals surface area contributed by atoms with Crippen molar-refractivity contribution in [3.05, 3.63) is 65.2 Å². The van der Waals surface area contributed by atoms with E-state index in [-0.39, 0.29) is 30.8 Å². The second-order valence-corrected chi connectivity index (χ2v) is 5.89. The van der Waals surface area contributed by atoms with Crippen molar-refractivity contribution in [2.24, 2.45) is 5.73 Å². The van der Waals surface area contributed by atoms with Crippen molar-refractivity contribution in [2.45, 2.75) is 39.2 Å². The van der Waals surface area contributed by atoms with Crippen LogP contribution in [0.25, 0.3) is 0 Å². The molecule has 0 aliphatic heterocycles. The Hall–Kier alpha value is -1.84. The molecule has 0 aliphatic rings. The molecule has 1 atom stereocenters. The molecule has 0 saturated heterocycles. The molecule has 2 aromatic carbocycles. The quantitative estimate of drug-likeness (QED) is 0.645. The van der Waals surface area contributed by atoms with Crippen LogP contribution in [0.15, 0.2) is 48.5 Å². The highest BCUT2D eigenvalue weighted by molar-refractivity contribution is 5.85. The molecular formula is C19H24ClNO2. The Labute approximate surface area is 144 Å². The van der Waals surface area contributed by atoms with Crippen molar-refractivity contribution in [2.75, 3.05) is 0 Å². The molecular weight excluding hydrogens is 310 g/mol. The number of carbonyl (C=O) groups excluding carboxylic acids is 1. The van der Waals surface area contributed by atoms with Gasteiger partial charge in [0.05, 0.1) is 6.42 Å². The van der Waals surface area contributed by atoms with Crippen LogP contribution in [0.2, 0.25) is 0 Å². The van der Waals surface area contributed by atoms with E-state index < -0.39 is 0 Å². The first-order chi connectivity index (χ1) is 10.5. The Balaban J connectivity index is 0.00000264. The monoisotopic (exact) mass is 333 g/mol. The van der Waals surface area contributed by atoms with Crippen LogP contribution in [0.1, 0.15) is 48.9 Å². The van der Waals surface area contributed by atoms with Gasteiger partial charge in [0.25, 0.3) is 0 Å². The fourth-order valence-corrected chi connectivity index (χ4v) is 2.37. The summed E-state index contributed by atoms with van der Waals surface area (Å²) in [4.78, 5) is 12.2. The molecule has 0 aromatic heterocycles. The average molecular weight is 334 g/mol. The zero-order valence-electron chi connectivity index (χ0n) is 13.8. The van der Waals surface area contributed by atoms with E-state index in [9.17, 15) is 4.79 Å². The zero-order valence-corrected chi connectivity index (χ0v) is 14.6. The molecule has 0 saturated carbocycles. The molecule has 0 heterocycles. The zero-order chi connectivity index (χ0) is 16.1. The molecule has 2 aromatic rings. The summed E-state index contributed by atoms with van der Waals surface area (Å²) in [6.07, 6.45) is 0.162. The number of carbonyl (C=O) groups is 1. The van der Waals surface area contributed by atoms with Crippen molar-refractivity contribution < 1.29 is 9.53 Å². The predicted octanol–water partition coefficient (Wildman–Crippen LogP) is 4.54. The number of rotatable bonds is 5. The van der Waals surface area contributed by atoms with E-state index in [4.69, 9.17) is 10.5 Å². The molecule has 0 amide bonds. The van der Waals surface area contributed by atoms with Gasteiger partial charge in [0.1, 0.15) is 5.75 Å². The first-order valence-electron chi connectivity index (χ1n) is 7.59. The van der Waals surface area contributed by atoms with Gasteiger partial charge in [0, 0.05) is 6.04 Å². The van der Waals surface area contributed by atoms with E-state index >= 15 is 0 Å². The Morgan fingerprint density at radius 1 is 1.13 bits per heavy atom. The number of esters is 1. The second-order valence-electron chi connectivity index (χ2n) is 5.89. The van der Waals surface area contributed by atoms with Crippen LogP contribution in [-0.2, 0) is 4.79 Å². The highest BCUT2D eigenvalue weighted by Crippen LogP contribution is 2.28. The van der Waals surface area contributed by atoms with Crippen LogP contribution >= 0.6 is 12.4 Å². The maximum absolute atomic E-state index is 12.2. The Morgan fingerprint density at radius 2 is 1.78 bits per heavy atom. The SMILES string of the molecule is Cc1ccc(C(C)C)c(OC(=O)CC(N)c2ccccc2)c1.Cl. The van der Waals surface area contributed by atoms with E-state index in [1.807, 2.05) is 55.5 Å². The van der Waals surface area contributed by atoms with E-state index in [1.165, 1.54) is 0 Å². The van der Waals surface area contributed by atoms with Gasteiger partial charge in [-0.15, -0.1) is 12.4 Å². The van der Waals surface area contributed by atoms with Crippen molar-refractivity contribution in [3.8, 4) is 5.75 Å². The molecule has 3 nitrogen and oxygen atoms in total. The van der Waals surface area contributed by atoms with Crippen LogP contribution in [0.5, 0.6) is 5.75 Å². The van der Waals surface area contributed by atoms with E-state index in [2.05, 4.69) is 13.8 Å². The highest BCUT2D eigenvalue weighted by atomic mass is 35.5. The number of ether oxygens (including phenoxy) is 1. The maximum Gasteiger partial charge on any atom is 0.313 e. The lowest BCUT2D eigenvalue weighted by Crippen LogP contribution is -2.19. The van der Waals surface area contributed by atoms with Crippen molar-refractivity contribution in [3.63, 3.8) is 0 Å². The molecule has 2 rings (SSSR count). The summed E-state index contributed by atoms with van der Waals surface area (Å²) in [5, 5.41) is 0. The first kappa shape index (κ1) is 19.2. The van der Waals surface area contributed by atoms with Gasteiger partial charge in [0.15, 0.2) is 0 Å². The van der Waals surface area contributed by atoms with E-state index in [1.54, 1.807) is 0 Å². The third-order valence-corrected chi connectivity index (χ3v) is 3.63. The van der Waals surface area contributed by atoms with Gasteiger partial charge in [-0.05, 0) is 35.6 Å².